The zero-order valence-corrected chi connectivity index (χ0v) is 16.0. The van der Waals surface area contributed by atoms with Gasteiger partial charge in [-0.1, -0.05) is 29.8 Å². The third-order valence-electron chi connectivity index (χ3n) is 3.31. The van der Waals surface area contributed by atoms with E-state index in [2.05, 4.69) is 4.74 Å². The maximum absolute atomic E-state index is 12.6. The lowest BCUT2D eigenvalue weighted by atomic mass is 10.2. The fourth-order valence-electron chi connectivity index (χ4n) is 2.11. The van der Waals surface area contributed by atoms with Gasteiger partial charge >= 0.3 is 12.4 Å². The van der Waals surface area contributed by atoms with Crippen LogP contribution in [-0.2, 0) is 5.75 Å². The highest BCUT2D eigenvalue weighted by atomic mass is 35.5. The molecule has 11 heteroatoms. The summed E-state index contributed by atoms with van der Waals surface area (Å²) in [4.78, 5) is 0.130. The minimum atomic E-state index is -4.71. The summed E-state index contributed by atoms with van der Waals surface area (Å²) in [6, 6.07) is 10.6. The molecule has 2 aromatic carbocycles. The summed E-state index contributed by atoms with van der Waals surface area (Å²) in [6.45, 7) is -3.42. The SMILES string of the molecule is N#Cc1c(OCC(F)(F)F)ccc(SCc2ccccc2Cl)c1OCC(F)(F)F. The fraction of sp³-hybridized carbons (Fsp3) is 0.278. The molecule has 0 saturated heterocycles. The molecular formula is C18H12ClF6NO2S. The molecule has 0 amide bonds. The van der Waals surface area contributed by atoms with E-state index in [9.17, 15) is 31.6 Å². The predicted octanol–water partition coefficient (Wildman–Crippen LogP) is 6.39. The third-order valence-corrected chi connectivity index (χ3v) is 4.76. The lowest BCUT2D eigenvalue weighted by molar-refractivity contribution is -0.154. The van der Waals surface area contributed by atoms with Crippen LogP contribution in [0.5, 0.6) is 11.5 Å². The summed E-state index contributed by atoms with van der Waals surface area (Å²) in [6.07, 6.45) is -9.39. The van der Waals surface area contributed by atoms with Crippen molar-refractivity contribution in [1.29, 1.82) is 5.26 Å². The molecule has 0 heterocycles. The van der Waals surface area contributed by atoms with Gasteiger partial charge in [-0.2, -0.15) is 31.6 Å². The number of ether oxygens (including phenoxy) is 2. The fourth-order valence-corrected chi connectivity index (χ4v) is 3.41. The first kappa shape index (κ1) is 23.0. The zero-order valence-electron chi connectivity index (χ0n) is 14.4. The molecule has 2 aromatic rings. The number of nitrogens with zero attached hydrogens (tertiary/aromatic N) is 1. The maximum Gasteiger partial charge on any atom is 0.422 e. The van der Waals surface area contributed by atoms with E-state index in [-0.39, 0.29) is 10.6 Å². The van der Waals surface area contributed by atoms with Gasteiger partial charge in [0.15, 0.2) is 19.0 Å². The van der Waals surface area contributed by atoms with E-state index < -0.39 is 42.6 Å². The van der Waals surface area contributed by atoms with Crippen LogP contribution in [0.2, 0.25) is 5.02 Å². The molecule has 0 aliphatic heterocycles. The first-order chi connectivity index (χ1) is 13.5. The third kappa shape index (κ3) is 7.25. The summed E-state index contributed by atoms with van der Waals surface area (Å²) in [5, 5.41) is 9.74. The Kier molecular flexibility index (Phi) is 7.54. The second-order valence-electron chi connectivity index (χ2n) is 5.57. The maximum atomic E-state index is 12.6. The highest BCUT2D eigenvalue weighted by molar-refractivity contribution is 7.98. The molecule has 0 aliphatic carbocycles. The van der Waals surface area contributed by atoms with Crippen LogP contribution in [0.15, 0.2) is 41.3 Å². The number of benzene rings is 2. The summed E-state index contributed by atoms with van der Waals surface area (Å²) < 4.78 is 84.3. The van der Waals surface area contributed by atoms with Gasteiger partial charge in [0.2, 0.25) is 0 Å². The second-order valence-corrected chi connectivity index (χ2v) is 6.99. The number of thioether (sulfide) groups is 1. The highest BCUT2D eigenvalue weighted by Crippen LogP contribution is 2.40. The van der Waals surface area contributed by atoms with Crippen molar-refractivity contribution in [2.45, 2.75) is 23.0 Å². The van der Waals surface area contributed by atoms with Gasteiger partial charge in [-0.25, -0.2) is 0 Å². The molecule has 0 fully saturated rings. The number of alkyl halides is 6. The highest BCUT2D eigenvalue weighted by Gasteiger charge is 2.32. The van der Waals surface area contributed by atoms with Crippen LogP contribution in [0.3, 0.4) is 0 Å². The normalized spacial score (nSPS) is 11.8. The van der Waals surface area contributed by atoms with Crippen LogP contribution in [0.25, 0.3) is 0 Å². The van der Waals surface area contributed by atoms with Crippen LogP contribution in [0.1, 0.15) is 11.1 Å². The molecule has 3 nitrogen and oxygen atoms in total. The van der Waals surface area contributed by atoms with Crippen LogP contribution in [0.4, 0.5) is 26.3 Å². The molecule has 0 unspecified atom stereocenters. The van der Waals surface area contributed by atoms with Crippen LogP contribution in [0, 0.1) is 11.3 Å². The average Bonchev–Trinajstić information content (AvgIpc) is 2.62. The van der Waals surface area contributed by atoms with E-state index >= 15 is 0 Å². The first-order valence-corrected chi connectivity index (χ1v) is 9.19. The van der Waals surface area contributed by atoms with Crippen molar-refractivity contribution in [1.82, 2.24) is 0 Å². The molecule has 29 heavy (non-hydrogen) atoms. The first-order valence-electron chi connectivity index (χ1n) is 7.82. The van der Waals surface area contributed by atoms with E-state index in [1.165, 1.54) is 6.07 Å². The largest absolute Gasteiger partial charge is 0.483 e. The Bertz CT molecular complexity index is 895. The molecule has 0 spiro atoms. The summed E-state index contributed by atoms with van der Waals surface area (Å²) in [7, 11) is 0. The van der Waals surface area contributed by atoms with Crippen molar-refractivity contribution in [2.24, 2.45) is 0 Å². The lowest BCUT2D eigenvalue weighted by Gasteiger charge is -2.17. The minimum Gasteiger partial charge on any atom is -0.483 e. The van der Waals surface area contributed by atoms with Crippen molar-refractivity contribution < 1.29 is 35.8 Å². The topological polar surface area (TPSA) is 42.2 Å². The predicted molar refractivity (Wildman–Crippen MR) is 95.3 cm³/mol. The van der Waals surface area contributed by atoms with Crippen molar-refractivity contribution in [3.8, 4) is 17.6 Å². The molecule has 2 rings (SSSR count). The van der Waals surface area contributed by atoms with E-state index in [1.54, 1.807) is 30.3 Å². The van der Waals surface area contributed by atoms with Gasteiger partial charge in [-0.15, -0.1) is 11.8 Å². The quantitative estimate of drug-likeness (QED) is 0.358. The van der Waals surface area contributed by atoms with Crippen LogP contribution in [-0.4, -0.2) is 25.6 Å². The molecule has 0 radical (unpaired) electrons. The number of nitriles is 1. The van der Waals surface area contributed by atoms with E-state index in [1.807, 2.05) is 0 Å². The monoisotopic (exact) mass is 455 g/mol. The van der Waals surface area contributed by atoms with Gasteiger partial charge in [0.05, 0.1) is 4.90 Å². The molecule has 0 saturated carbocycles. The molecule has 0 atom stereocenters. The van der Waals surface area contributed by atoms with Crippen LogP contribution >= 0.6 is 23.4 Å². The molecule has 0 aliphatic rings. The van der Waals surface area contributed by atoms with E-state index in [4.69, 9.17) is 16.3 Å². The van der Waals surface area contributed by atoms with Crippen molar-refractivity contribution in [2.75, 3.05) is 13.2 Å². The van der Waals surface area contributed by atoms with Gasteiger partial charge in [0.1, 0.15) is 17.4 Å². The Morgan fingerprint density at radius 2 is 1.55 bits per heavy atom. The van der Waals surface area contributed by atoms with Gasteiger partial charge in [0, 0.05) is 10.8 Å². The smallest absolute Gasteiger partial charge is 0.422 e. The molecule has 0 aromatic heterocycles. The van der Waals surface area contributed by atoms with Crippen molar-refractivity contribution in [3.63, 3.8) is 0 Å². The van der Waals surface area contributed by atoms with Crippen LogP contribution < -0.4 is 9.47 Å². The Balaban J connectivity index is 2.35. The number of halogens is 7. The number of hydrogen-bond acceptors (Lipinski definition) is 4. The van der Waals surface area contributed by atoms with E-state index in [0.717, 1.165) is 17.8 Å². The Morgan fingerprint density at radius 3 is 2.14 bits per heavy atom. The second kappa shape index (κ2) is 9.50. The Labute approximate surface area is 171 Å². The van der Waals surface area contributed by atoms with Gasteiger partial charge in [-0.3, -0.25) is 0 Å². The van der Waals surface area contributed by atoms with Gasteiger partial charge < -0.3 is 9.47 Å². The summed E-state index contributed by atoms with van der Waals surface area (Å²) >= 11 is 7.07. The van der Waals surface area contributed by atoms with Crippen molar-refractivity contribution >= 4 is 23.4 Å². The lowest BCUT2D eigenvalue weighted by Crippen LogP contribution is -2.21. The molecular weight excluding hydrogens is 444 g/mol. The summed E-state index contributed by atoms with van der Waals surface area (Å²) in [5.41, 5.74) is 0.125. The average molecular weight is 456 g/mol. The molecule has 0 N–H and O–H groups in total. The standard InChI is InChI=1S/C18H12ClF6NO2S/c19-13-4-2-1-3-11(13)8-29-15-6-5-14(27-9-17(20,21)22)12(7-26)16(15)28-10-18(23,24)25/h1-6H,8-10H2. The Morgan fingerprint density at radius 1 is 0.931 bits per heavy atom. The number of rotatable bonds is 7. The Hall–Kier alpha value is -2.25. The van der Waals surface area contributed by atoms with Crippen molar-refractivity contribution in [3.05, 3.63) is 52.5 Å². The zero-order chi connectivity index (χ0) is 21.7. The summed E-state index contributed by atoms with van der Waals surface area (Å²) in [5.74, 6) is -0.791. The van der Waals surface area contributed by atoms with E-state index in [0.29, 0.717) is 10.6 Å². The van der Waals surface area contributed by atoms with Gasteiger partial charge in [-0.05, 0) is 23.8 Å². The van der Waals surface area contributed by atoms with Gasteiger partial charge in [0.25, 0.3) is 0 Å². The number of hydrogen-bond donors (Lipinski definition) is 0. The molecule has 0 bridgehead atoms. The molecule has 156 valence electrons. The minimum absolute atomic E-state index is 0.130.